The molecule has 5 nitrogen and oxygen atoms in total. The normalized spacial score (nSPS) is 13.8. The molecule has 0 aliphatic carbocycles. The van der Waals surface area contributed by atoms with Gasteiger partial charge in [0.25, 0.3) is 0 Å². The molecule has 1 aromatic carbocycles. The fraction of sp³-hybridized carbons (Fsp3) is 0.273. The summed E-state index contributed by atoms with van der Waals surface area (Å²) in [5.41, 5.74) is 5.56. The van der Waals surface area contributed by atoms with Gasteiger partial charge in [0.15, 0.2) is 5.92 Å². The van der Waals surface area contributed by atoms with Crippen LogP contribution < -0.4 is 5.73 Å². The van der Waals surface area contributed by atoms with Crippen molar-refractivity contribution in [3.05, 3.63) is 35.6 Å². The third-order valence-electron chi connectivity index (χ3n) is 2.34. The van der Waals surface area contributed by atoms with Gasteiger partial charge in [0.1, 0.15) is 5.82 Å². The fourth-order valence-corrected chi connectivity index (χ4v) is 1.45. The molecule has 0 saturated heterocycles. The third-order valence-corrected chi connectivity index (χ3v) is 2.34. The van der Waals surface area contributed by atoms with Gasteiger partial charge in [-0.3, -0.25) is 9.59 Å². The Labute approximate surface area is 97.0 Å². The standard InChI is InChI=1S/C11H12FNO4/c1-17-11(16)8(10(14)15)9(13)6-4-2-3-5-7(6)12/h2-5,8-9H,13H2,1H3,(H,14,15). The van der Waals surface area contributed by atoms with E-state index in [1.807, 2.05) is 0 Å². The van der Waals surface area contributed by atoms with Crippen LogP contribution >= 0.6 is 0 Å². The molecular formula is C11H12FNO4. The van der Waals surface area contributed by atoms with Crippen molar-refractivity contribution in [1.29, 1.82) is 0 Å². The lowest BCUT2D eigenvalue weighted by Crippen LogP contribution is -2.35. The lowest BCUT2D eigenvalue weighted by atomic mass is 9.93. The second kappa shape index (κ2) is 5.40. The molecule has 3 N–H and O–H groups in total. The van der Waals surface area contributed by atoms with E-state index in [9.17, 15) is 14.0 Å². The van der Waals surface area contributed by atoms with Gasteiger partial charge in [-0.15, -0.1) is 0 Å². The molecule has 1 aromatic rings. The molecule has 17 heavy (non-hydrogen) atoms. The van der Waals surface area contributed by atoms with Gasteiger partial charge in [0.2, 0.25) is 0 Å². The van der Waals surface area contributed by atoms with Gasteiger partial charge >= 0.3 is 11.9 Å². The number of halogens is 1. The van der Waals surface area contributed by atoms with Crippen molar-refractivity contribution < 1.29 is 23.8 Å². The summed E-state index contributed by atoms with van der Waals surface area (Å²) in [6.45, 7) is 0. The highest BCUT2D eigenvalue weighted by Crippen LogP contribution is 2.23. The van der Waals surface area contributed by atoms with Gasteiger partial charge in [0.05, 0.1) is 13.2 Å². The maximum Gasteiger partial charge on any atom is 0.322 e. The van der Waals surface area contributed by atoms with Crippen molar-refractivity contribution in [2.75, 3.05) is 7.11 Å². The van der Waals surface area contributed by atoms with Gasteiger partial charge in [-0.2, -0.15) is 0 Å². The molecule has 1 rings (SSSR count). The van der Waals surface area contributed by atoms with Crippen molar-refractivity contribution in [2.45, 2.75) is 6.04 Å². The number of carbonyl (C=O) groups is 2. The summed E-state index contributed by atoms with van der Waals surface area (Å²) in [6.07, 6.45) is 0. The topological polar surface area (TPSA) is 89.6 Å². The lowest BCUT2D eigenvalue weighted by Gasteiger charge is -2.18. The van der Waals surface area contributed by atoms with Crippen LogP contribution in [0.4, 0.5) is 4.39 Å². The van der Waals surface area contributed by atoms with E-state index in [-0.39, 0.29) is 5.56 Å². The molecule has 92 valence electrons. The number of methoxy groups -OCH3 is 1. The van der Waals surface area contributed by atoms with Crippen LogP contribution in [0.1, 0.15) is 11.6 Å². The zero-order chi connectivity index (χ0) is 13.0. The molecule has 2 atom stereocenters. The van der Waals surface area contributed by atoms with Gasteiger partial charge in [-0.25, -0.2) is 4.39 Å². The minimum atomic E-state index is -1.63. The van der Waals surface area contributed by atoms with Crippen LogP contribution in [-0.2, 0) is 14.3 Å². The highest BCUT2D eigenvalue weighted by Gasteiger charge is 2.35. The smallest absolute Gasteiger partial charge is 0.322 e. The first-order valence-electron chi connectivity index (χ1n) is 4.79. The van der Waals surface area contributed by atoms with Gasteiger partial charge in [0, 0.05) is 5.56 Å². The van der Waals surface area contributed by atoms with E-state index in [2.05, 4.69) is 4.74 Å². The molecule has 0 aliphatic heterocycles. The minimum Gasteiger partial charge on any atom is -0.481 e. The number of benzene rings is 1. The third kappa shape index (κ3) is 2.79. The summed E-state index contributed by atoms with van der Waals surface area (Å²) >= 11 is 0. The molecule has 0 aromatic heterocycles. The lowest BCUT2D eigenvalue weighted by molar-refractivity contribution is -0.157. The van der Waals surface area contributed by atoms with Crippen LogP contribution in [-0.4, -0.2) is 24.2 Å². The first-order valence-corrected chi connectivity index (χ1v) is 4.79. The molecule has 0 heterocycles. The average molecular weight is 241 g/mol. The second-order valence-electron chi connectivity index (χ2n) is 3.39. The Hall–Kier alpha value is -1.95. The predicted molar refractivity (Wildman–Crippen MR) is 56.5 cm³/mol. The molecule has 6 heteroatoms. The predicted octanol–water partition coefficient (Wildman–Crippen LogP) is 0.699. The van der Waals surface area contributed by atoms with Crippen LogP contribution in [0.25, 0.3) is 0 Å². The number of esters is 1. The molecule has 0 fully saturated rings. The Morgan fingerprint density at radius 3 is 2.47 bits per heavy atom. The average Bonchev–Trinajstić information content (AvgIpc) is 2.28. The molecular weight excluding hydrogens is 229 g/mol. The summed E-state index contributed by atoms with van der Waals surface area (Å²) in [4.78, 5) is 22.2. The quantitative estimate of drug-likeness (QED) is 0.598. The van der Waals surface area contributed by atoms with E-state index in [1.165, 1.54) is 18.2 Å². The van der Waals surface area contributed by atoms with Gasteiger partial charge in [-0.05, 0) is 6.07 Å². The van der Waals surface area contributed by atoms with E-state index in [0.717, 1.165) is 13.2 Å². The van der Waals surface area contributed by atoms with Gasteiger partial charge in [-0.1, -0.05) is 18.2 Å². The van der Waals surface area contributed by atoms with E-state index in [4.69, 9.17) is 10.8 Å². The molecule has 2 unspecified atom stereocenters. The first-order chi connectivity index (χ1) is 7.99. The highest BCUT2D eigenvalue weighted by atomic mass is 19.1. The molecule has 0 spiro atoms. The second-order valence-corrected chi connectivity index (χ2v) is 3.39. The number of hydrogen-bond acceptors (Lipinski definition) is 4. The van der Waals surface area contributed by atoms with Crippen molar-refractivity contribution in [1.82, 2.24) is 0 Å². The van der Waals surface area contributed by atoms with Crippen molar-refractivity contribution >= 4 is 11.9 Å². The highest BCUT2D eigenvalue weighted by molar-refractivity contribution is 5.94. The molecule has 0 saturated carbocycles. The van der Waals surface area contributed by atoms with Crippen molar-refractivity contribution in [2.24, 2.45) is 11.7 Å². The number of nitrogens with two attached hydrogens (primary N) is 1. The number of ether oxygens (including phenoxy) is 1. The van der Waals surface area contributed by atoms with E-state index in [0.29, 0.717) is 0 Å². The maximum absolute atomic E-state index is 13.4. The van der Waals surface area contributed by atoms with Crippen LogP contribution in [0.3, 0.4) is 0 Å². The number of carboxylic acid groups (broad SMARTS) is 1. The Morgan fingerprint density at radius 2 is 2.00 bits per heavy atom. The minimum absolute atomic E-state index is 0.0368. The van der Waals surface area contributed by atoms with Crippen LogP contribution in [0, 0.1) is 11.7 Å². The summed E-state index contributed by atoms with van der Waals surface area (Å²) in [5.74, 6) is -4.74. The zero-order valence-corrected chi connectivity index (χ0v) is 9.09. The van der Waals surface area contributed by atoms with E-state index < -0.39 is 29.7 Å². The zero-order valence-electron chi connectivity index (χ0n) is 9.09. The van der Waals surface area contributed by atoms with Crippen molar-refractivity contribution in [3.8, 4) is 0 Å². The monoisotopic (exact) mass is 241 g/mol. The van der Waals surface area contributed by atoms with Crippen LogP contribution in [0.2, 0.25) is 0 Å². The number of rotatable bonds is 4. The number of aliphatic carboxylic acids is 1. The number of carboxylic acids is 1. The first kappa shape index (κ1) is 13.1. The molecule has 0 aliphatic rings. The Balaban J connectivity index is 3.09. The molecule has 0 bridgehead atoms. The SMILES string of the molecule is COC(=O)C(C(=O)O)C(N)c1ccccc1F. The Kier molecular flexibility index (Phi) is 4.17. The number of hydrogen-bond donors (Lipinski definition) is 2. The number of carbonyl (C=O) groups excluding carboxylic acids is 1. The summed E-state index contributed by atoms with van der Waals surface area (Å²) in [6, 6.07) is 4.14. The summed E-state index contributed by atoms with van der Waals surface area (Å²) in [7, 11) is 1.05. The molecule has 0 radical (unpaired) electrons. The summed E-state index contributed by atoms with van der Waals surface area (Å²) < 4.78 is 17.7. The van der Waals surface area contributed by atoms with Crippen molar-refractivity contribution in [3.63, 3.8) is 0 Å². The van der Waals surface area contributed by atoms with E-state index >= 15 is 0 Å². The van der Waals surface area contributed by atoms with E-state index in [1.54, 1.807) is 0 Å². The largest absolute Gasteiger partial charge is 0.481 e. The summed E-state index contributed by atoms with van der Waals surface area (Å²) in [5, 5.41) is 8.89. The van der Waals surface area contributed by atoms with Crippen LogP contribution in [0.5, 0.6) is 0 Å². The molecule has 0 amide bonds. The fourth-order valence-electron chi connectivity index (χ4n) is 1.45. The van der Waals surface area contributed by atoms with Gasteiger partial charge < -0.3 is 15.6 Å². The maximum atomic E-state index is 13.4. The van der Waals surface area contributed by atoms with Crippen LogP contribution in [0.15, 0.2) is 24.3 Å². The Morgan fingerprint density at radius 1 is 1.41 bits per heavy atom. The Bertz CT molecular complexity index is 435.